The Morgan fingerprint density at radius 3 is 2.63 bits per heavy atom. The number of primary amides is 1. The number of pyridine rings is 1. The Bertz CT molecular complexity index is 894. The average molecular weight is 408 g/mol. The van der Waals surface area contributed by atoms with Crippen LogP contribution >= 0.6 is 0 Å². The Kier molecular flexibility index (Phi) is 6.13. The number of likely N-dealkylation sites (tertiary alicyclic amines) is 1. The molecule has 2 amide bonds. The van der Waals surface area contributed by atoms with Crippen molar-refractivity contribution in [1.82, 2.24) is 9.88 Å². The second-order valence-electron chi connectivity index (χ2n) is 8.50. The fourth-order valence-corrected chi connectivity index (χ4v) is 4.75. The molecule has 1 atom stereocenters. The van der Waals surface area contributed by atoms with Crippen molar-refractivity contribution in [3.05, 3.63) is 54.4 Å². The van der Waals surface area contributed by atoms with Gasteiger partial charge in [-0.1, -0.05) is 24.3 Å². The van der Waals surface area contributed by atoms with E-state index >= 15 is 0 Å². The lowest BCUT2D eigenvalue weighted by Crippen LogP contribution is -2.52. The summed E-state index contributed by atoms with van der Waals surface area (Å²) in [5, 5.41) is 0. The van der Waals surface area contributed by atoms with E-state index in [0.29, 0.717) is 45.6 Å². The second kappa shape index (κ2) is 8.96. The van der Waals surface area contributed by atoms with E-state index in [1.54, 1.807) is 12.4 Å². The molecule has 1 aromatic heterocycles. The molecule has 2 fully saturated rings. The standard InChI is InChI=1S/C24H29N3O3/c25-22(28)21-5-2-12-27(17-21)23(29)24(8-13-30-14-9-24)16-18-3-1-4-20(15-18)19-6-10-26-11-7-19/h1,3-4,6-7,10-11,15,21H,2,5,8-9,12-14,16-17H2,(H2,25,28)/t21-/m1/s1. The topological polar surface area (TPSA) is 85.5 Å². The van der Waals surface area contributed by atoms with Gasteiger partial charge in [0.1, 0.15) is 0 Å². The number of carbonyl (C=O) groups excluding carboxylic acids is 2. The molecule has 4 rings (SSSR count). The van der Waals surface area contributed by atoms with Crippen LogP contribution in [-0.2, 0) is 20.7 Å². The lowest BCUT2D eigenvalue weighted by Gasteiger charge is -2.42. The van der Waals surface area contributed by atoms with E-state index in [4.69, 9.17) is 10.5 Å². The highest BCUT2D eigenvalue weighted by Gasteiger charge is 2.44. The maximum atomic E-state index is 13.7. The van der Waals surface area contributed by atoms with Crippen LogP contribution in [0.5, 0.6) is 0 Å². The van der Waals surface area contributed by atoms with Gasteiger partial charge in [-0.15, -0.1) is 0 Å². The maximum absolute atomic E-state index is 13.7. The summed E-state index contributed by atoms with van der Waals surface area (Å²) in [4.78, 5) is 31.4. The number of hydrogen-bond donors (Lipinski definition) is 1. The predicted octanol–water partition coefficient (Wildman–Crippen LogP) is 2.81. The van der Waals surface area contributed by atoms with Gasteiger partial charge in [-0.05, 0) is 60.9 Å². The molecule has 2 aromatic rings. The average Bonchev–Trinajstić information content (AvgIpc) is 2.80. The molecular formula is C24H29N3O3. The fourth-order valence-electron chi connectivity index (χ4n) is 4.75. The second-order valence-corrected chi connectivity index (χ2v) is 8.50. The summed E-state index contributed by atoms with van der Waals surface area (Å²) in [6.45, 7) is 2.31. The van der Waals surface area contributed by atoms with Gasteiger partial charge in [-0.25, -0.2) is 0 Å². The minimum Gasteiger partial charge on any atom is -0.381 e. The van der Waals surface area contributed by atoms with E-state index < -0.39 is 5.41 Å². The first kappa shape index (κ1) is 20.5. The first-order chi connectivity index (χ1) is 14.6. The lowest BCUT2D eigenvalue weighted by atomic mass is 9.73. The van der Waals surface area contributed by atoms with E-state index in [9.17, 15) is 9.59 Å². The monoisotopic (exact) mass is 407 g/mol. The molecule has 0 saturated carbocycles. The third-order valence-electron chi connectivity index (χ3n) is 6.50. The summed E-state index contributed by atoms with van der Waals surface area (Å²) in [6.07, 6.45) is 7.23. The zero-order chi connectivity index (χ0) is 21.0. The first-order valence-electron chi connectivity index (χ1n) is 10.7. The van der Waals surface area contributed by atoms with Crippen molar-refractivity contribution in [2.45, 2.75) is 32.1 Å². The van der Waals surface area contributed by atoms with Crippen molar-refractivity contribution >= 4 is 11.8 Å². The molecule has 0 bridgehead atoms. The molecule has 2 N–H and O–H groups in total. The number of hydrogen-bond acceptors (Lipinski definition) is 4. The van der Waals surface area contributed by atoms with E-state index in [0.717, 1.165) is 29.5 Å². The Labute approximate surface area is 177 Å². The third-order valence-corrected chi connectivity index (χ3v) is 6.50. The summed E-state index contributed by atoms with van der Waals surface area (Å²) in [5.74, 6) is -0.403. The quantitative estimate of drug-likeness (QED) is 0.826. The molecule has 2 aliphatic rings. The zero-order valence-electron chi connectivity index (χ0n) is 17.3. The van der Waals surface area contributed by atoms with Crippen molar-refractivity contribution in [1.29, 1.82) is 0 Å². The molecule has 2 saturated heterocycles. The van der Waals surface area contributed by atoms with Crippen LogP contribution in [0, 0.1) is 11.3 Å². The molecule has 158 valence electrons. The van der Waals surface area contributed by atoms with E-state index in [1.165, 1.54) is 0 Å². The van der Waals surface area contributed by atoms with E-state index in [-0.39, 0.29) is 17.7 Å². The lowest BCUT2D eigenvalue weighted by molar-refractivity contribution is -0.150. The maximum Gasteiger partial charge on any atom is 0.229 e. The number of ether oxygens (including phenoxy) is 1. The Balaban J connectivity index is 1.58. The summed E-state index contributed by atoms with van der Waals surface area (Å²) >= 11 is 0. The third kappa shape index (κ3) is 4.38. The normalized spacial score (nSPS) is 21.2. The van der Waals surface area contributed by atoms with Gasteiger partial charge in [0.25, 0.3) is 0 Å². The van der Waals surface area contributed by atoms with Gasteiger partial charge in [-0.2, -0.15) is 0 Å². The number of amides is 2. The Morgan fingerprint density at radius 2 is 1.90 bits per heavy atom. The first-order valence-corrected chi connectivity index (χ1v) is 10.7. The van der Waals surface area contributed by atoms with Gasteiger partial charge >= 0.3 is 0 Å². The number of nitrogens with two attached hydrogens (primary N) is 1. The van der Waals surface area contributed by atoms with Crippen LogP contribution < -0.4 is 5.73 Å². The number of carbonyl (C=O) groups is 2. The smallest absolute Gasteiger partial charge is 0.229 e. The molecule has 2 aliphatic heterocycles. The molecule has 0 aliphatic carbocycles. The minimum absolute atomic E-state index is 0.145. The van der Waals surface area contributed by atoms with Gasteiger partial charge in [0.2, 0.25) is 11.8 Å². The van der Waals surface area contributed by atoms with Crippen LogP contribution in [0.1, 0.15) is 31.2 Å². The van der Waals surface area contributed by atoms with E-state index in [2.05, 4.69) is 23.2 Å². The largest absolute Gasteiger partial charge is 0.381 e. The summed E-state index contributed by atoms with van der Waals surface area (Å²) < 4.78 is 5.60. The van der Waals surface area contributed by atoms with Crippen LogP contribution in [0.15, 0.2) is 48.8 Å². The van der Waals surface area contributed by atoms with E-state index in [1.807, 2.05) is 23.1 Å². The Hall–Kier alpha value is -2.73. The summed E-state index contributed by atoms with van der Waals surface area (Å²) in [6, 6.07) is 12.4. The highest BCUT2D eigenvalue weighted by atomic mass is 16.5. The molecule has 6 nitrogen and oxygen atoms in total. The fraction of sp³-hybridized carbons (Fsp3) is 0.458. The number of aromatic nitrogens is 1. The van der Waals surface area contributed by atoms with Crippen LogP contribution in [0.4, 0.5) is 0 Å². The van der Waals surface area contributed by atoms with Crippen LogP contribution in [-0.4, -0.2) is 48.0 Å². The van der Waals surface area contributed by atoms with Crippen LogP contribution in [0.3, 0.4) is 0 Å². The molecule has 3 heterocycles. The van der Waals surface area contributed by atoms with Gasteiger partial charge in [0.05, 0.1) is 11.3 Å². The molecule has 0 unspecified atom stereocenters. The van der Waals surface area contributed by atoms with Crippen LogP contribution in [0.25, 0.3) is 11.1 Å². The molecule has 0 radical (unpaired) electrons. The minimum atomic E-state index is -0.491. The highest BCUT2D eigenvalue weighted by molar-refractivity contribution is 5.85. The highest BCUT2D eigenvalue weighted by Crippen LogP contribution is 2.38. The number of piperidine rings is 1. The van der Waals surface area contributed by atoms with Gasteiger partial charge in [0, 0.05) is 38.7 Å². The van der Waals surface area contributed by atoms with Gasteiger partial charge in [0.15, 0.2) is 0 Å². The molecule has 6 heteroatoms. The zero-order valence-corrected chi connectivity index (χ0v) is 17.3. The van der Waals surface area contributed by atoms with Crippen molar-refractivity contribution in [2.75, 3.05) is 26.3 Å². The van der Waals surface area contributed by atoms with Crippen molar-refractivity contribution < 1.29 is 14.3 Å². The van der Waals surface area contributed by atoms with Crippen LogP contribution in [0.2, 0.25) is 0 Å². The van der Waals surface area contributed by atoms with Crippen molar-refractivity contribution in [2.24, 2.45) is 17.1 Å². The van der Waals surface area contributed by atoms with Crippen molar-refractivity contribution in [3.63, 3.8) is 0 Å². The summed E-state index contributed by atoms with van der Waals surface area (Å²) in [7, 11) is 0. The number of rotatable bonds is 5. The number of nitrogens with zero attached hydrogens (tertiary/aromatic N) is 2. The Morgan fingerprint density at radius 1 is 1.13 bits per heavy atom. The predicted molar refractivity (Wildman–Crippen MR) is 114 cm³/mol. The summed E-state index contributed by atoms with van der Waals surface area (Å²) in [5.41, 5.74) is 8.42. The molecule has 1 aromatic carbocycles. The number of benzene rings is 1. The molecule has 30 heavy (non-hydrogen) atoms. The molecule has 0 spiro atoms. The SMILES string of the molecule is NC(=O)[C@@H]1CCCN(C(=O)C2(Cc3cccc(-c4ccncc4)c3)CCOCC2)C1. The van der Waals surface area contributed by atoms with Crippen molar-refractivity contribution in [3.8, 4) is 11.1 Å². The van der Waals surface area contributed by atoms with Gasteiger partial charge < -0.3 is 15.4 Å². The molecular weight excluding hydrogens is 378 g/mol. The van der Waals surface area contributed by atoms with Gasteiger partial charge in [-0.3, -0.25) is 14.6 Å².